The van der Waals surface area contributed by atoms with Crippen LogP contribution in [0.2, 0.25) is 0 Å². The van der Waals surface area contributed by atoms with E-state index in [1.54, 1.807) is 4.90 Å². The molecule has 0 spiro atoms. The van der Waals surface area contributed by atoms with Gasteiger partial charge in [-0.3, -0.25) is 9.59 Å². The van der Waals surface area contributed by atoms with E-state index in [9.17, 15) is 9.59 Å². The molecule has 1 aliphatic rings. The van der Waals surface area contributed by atoms with Gasteiger partial charge >= 0.3 is 0 Å². The van der Waals surface area contributed by atoms with Crippen LogP contribution in [0.25, 0.3) is 22.0 Å². The summed E-state index contributed by atoms with van der Waals surface area (Å²) in [6.07, 6.45) is 0.815. The second-order valence-electron chi connectivity index (χ2n) is 8.62. The molecule has 0 saturated carbocycles. The number of carbonyl (C=O) groups is 1. The van der Waals surface area contributed by atoms with Gasteiger partial charge in [-0.15, -0.1) is 0 Å². The Labute approximate surface area is 186 Å². The van der Waals surface area contributed by atoms with Crippen molar-refractivity contribution in [1.82, 2.24) is 9.78 Å². The zero-order chi connectivity index (χ0) is 22.4. The summed E-state index contributed by atoms with van der Waals surface area (Å²) in [7, 11) is 0. The lowest BCUT2D eigenvalue weighted by Crippen LogP contribution is -2.40. The summed E-state index contributed by atoms with van der Waals surface area (Å²) in [4.78, 5) is 28.4. The molecular weight excluding hydrogens is 398 g/mol. The zero-order valence-corrected chi connectivity index (χ0v) is 18.5. The largest absolute Gasteiger partial charge is 0.307 e. The fraction of sp³-hybridized carbons (Fsp3) is 0.222. The molecule has 1 aliphatic heterocycles. The maximum Gasteiger partial charge on any atom is 0.275 e. The van der Waals surface area contributed by atoms with Gasteiger partial charge in [0.1, 0.15) is 6.54 Å². The first-order valence-electron chi connectivity index (χ1n) is 10.9. The minimum atomic E-state index is -0.247. The molecule has 1 amide bonds. The predicted octanol–water partition coefficient (Wildman–Crippen LogP) is 4.66. The highest BCUT2D eigenvalue weighted by Gasteiger charge is 2.31. The highest BCUT2D eigenvalue weighted by molar-refractivity contribution is 5.97. The van der Waals surface area contributed by atoms with Gasteiger partial charge in [0.25, 0.3) is 5.56 Å². The number of rotatable bonds is 3. The van der Waals surface area contributed by atoms with Crippen LogP contribution in [0.15, 0.2) is 71.5 Å². The van der Waals surface area contributed by atoms with Gasteiger partial charge < -0.3 is 4.90 Å². The van der Waals surface area contributed by atoms with E-state index in [0.29, 0.717) is 5.39 Å². The molecule has 0 bridgehead atoms. The summed E-state index contributed by atoms with van der Waals surface area (Å²) in [6.45, 7) is 6.02. The number of aromatic nitrogens is 2. The van der Waals surface area contributed by atoms with Crippen molar-refractivity contribution < 1.29 is 4.79 Å². The lowest BCUT2D eigenvalue weighted by atomic mass is 9.99. The van der Waals surface area contributed by atoms with Crippen LogP contribution in [-0.2, 0) is 17.8 Å². The quantitative estimate of drug-likeness (QED) is 0.482. The van der Waals surface area contributed by atoms with E-state index in [-0.39, 0.29) is 24.1 Å². The summed E-state index contributed by atoms with van der Waals surface area (Å²) in [6, 6.07) is 21.7. The smallest absolute Gasteiger partial charge is 0.275 e. The number of carbonyl (C=O) groups excluding carboxylic acids is 1. The van der Waals surface area contributed by atoms with E-state index < -0.39 is 0 Å². The van der Waals surface area contributed by atoms with Crippen LogP contribution in [0, 0.1) is 13.8 Å². The Morgan fingerprint density at radius 1 is 1.00 bits per heavy atom. The molecule has 4 aromatic rings. The number of hydrogen-bond donors (Lipinski definition) is 0. The van der Waals surface area contributed by atoms with Crippen LogP contribution < -0.4 is 10.5 Å². The van der Waals surface area contributed by atoms with Crippen molar-refractivity contribution in [3.05, 3.63) is 93.8 Å². The van der Waals surface area contributed by atoms with Crippen molar-refractivity contribution in [2.75, 3.05) is 4.90 Å². The Morgan fingerprint density at radius 2 is 1.72 bits per heavy atom. The van der Waals surface area contributed by atoms with Crippen molar-refractivity contribution in [1.29, 1.82) is 0 Å². The molecule has 5 rings (SSSR count). The molecule has 0 fully saturated rings. The van der Waals surface area contributed by atoms with E-state index in [1.165, 1.54) is 4.68 Å². The molecule has 1 aromatic heterocycles. The van der Waals surface area contributed by atoms with E-state index in [1.807, 2.05) is 63.2 Å². The van der Waals surface area contributed by atoms with Crippen LogP contribution >= 0.6 is 0 Å². The molecule has 0 aliphatic carbocycles. The maximum atomic E-state index is 13.4. The van der Waals surface area contributed by atoms with Gasteiger partial charge in [0.05, 0.1) is 11.1 Å². The fourth-order valence-electron chi connectivity index (χ4n) is 4.68. The number of benzene rings is 3. The molecular formula is C27H25N3O2. The number of anilines is 1. The molecule has 1 atom stereocenters. The van der Waals surface area contributed by atoms with E-state index in [4.69, 9.17) is 5.10 Å². The average Bonchev–Trinajstić information content (AvgIpc) is 3.13. The first kappa shape index (κ1) is 20.2. The van der Waals surface area contributed by atoms with Gasteiger partial charge in [0.15, 0.2) is 0 Å². The average molecular weight is 424 g/mol. The normalized spacial score (nSPS) is 15.2. The highest BCUT2D eigenvalue weighted by Crippen LogP contribution is 2.32. The van der Waals surface area contributed by atoms with Crippen molar-refractivity contribution in [3.63, 3.8) is 0 Å². The second kappa shape index (κ2) is 7.75. The Bertz CT molecular complexity index is 1420. The third-order valence-electron chi connectivity index (χ3n) is 6.28. The molecule has 5 nitrogen and oxygen atoms in total. The molecule has 2 heterocycles. The van der Waals surface area contributed by atoms with Crippen LogP contribution in [0.4, 0.5) is 5.69 Å². The zero-order valence-electron chi connectivity index (χ0n) is 18.5. The maximum absolute atomic E-state index is 13.4. The van der Waals surface area contributed by atoms with Crippen molar-refractivity contribution in [2.45, 2.75) is 39.8 Å². The molecule has 0 radical (unpaired) electrons. The molecule has 32 heavy (non-hydrogen) atoms. The summed E-state index contributed by atoms with van der Waals surface area (Å²) in [5.74, 6) is -0.126. The number of nitrogens with zero attached hydrogens (tertiary/aromatic N) is 3. The summed E-state index contributed by atoms with van der Waals surface area (Å²) < 4.78 is 1.33. The van der Waals surface area contributed by atoms with Crippen molar-refractivity contribution >= 4 is 22.4 Å². The van der Waals surface area contributed by atoms with Crippen molar-refractivity contribution in [2.24, 2.45) is 0 Å². The lowest BCUT2D eigenvalue weighted by Gasteiger charge is -2.23. The second-order valence-corrected chi connectivity index (χ2v) is 8.62. The molecule has 3 aromatic carbocycles. The topological polar surface area (TPSA) is 55.2 Å². The predicted molar refractivity (Wildman–Crippen MR) is 128 cm³/mol. The fourth-order valence-corrected chi connectivity index (χ4v) is 4.68. The molecule has 0 unspecified atom stereocenters. The summed E-state index contributed by atoms with van der Waals surface area (Å²) in [5.41, 5.74) is 5.73. The third kappa shape index (κ3) is 3.30. The first-order chi connectivity index (χ1) is 15.4. The number of fused-ring (bicyclic) bond motifs is 2. The molecule has 0 saturated heterocycles. The van der Waals surface area contributed by atoms with Gasteiger partial charge in [-0.1, -0.05) is 54.1 Å². The molecule has 5 heteroatoms. The number of para-hydroxylation sites is 1. The Hall–Kier alpha value is -3.73. The van der Waals surface area contributed by atoms with Crippen molar-refractivity contribution in [3.8, 4) is 11.3 Å². The SMILES string of the molecule is Cc1ccc(C)c(-c2nn(CC(=O)N3c4ccccc4C[C@@H]3C)c(=O)c3ccccc23)c1. The van der Waals surface area contributed by atoms with Gasteiger partial charge in [0.2, 0.25) is 5.91 Å². The Morgan fingerprint density at radius 3 is 2.53 bits per heavy atom. The van der Waals surface area contributed by atoms with E-state index in [2.05, 4.69) is 24.3 Å². The Balaban J connectivity index is 1.63. The summed E-state index contributed by atoms with van der Waals surface area (Å²) >= 11 is 0. The first-order valence-corrected chi connectivity index (χ1v) is 10.9. The minimum Gasteiger partial charge on any atom is -0.307 e. The van der Waals surface area contributed by atoms with E-state index in [0.717, 1.165) is 45.4 Å². The van der Waals surface area contributed by atoms with Gasteiger partial charge in [-0.05, 0) is 56.5 Å². The molecule has 160 valence electrons. The van der Waals surface area contributed by atoms with Gasteiger partial charge in [0, 0.05) is 22.7 Å². The number of amides is 1. The minimum absolute atomic E-state index is 0.0505. The van der Waals surface area contributed by atoms with Crippen LogP contribution in [0.3, 0.4) is 0 Å². The van der Waals surface area contributed by atoms with Crippen LogP contribution in [-0.4, -0.2) is 21.7 Å². The van der Waals surface area contributed by atoms with Gasteiger partial charge in [-0.25, -0.2) is 4.68 Å². The lowest BCUT2D eigenvalue weighted by molar-refractivity contribution is -0.119. The molecule has 0 N–H and O–H groups in total. The van der Waals surface area contributed by atoms with Crippen LogP contribution in [0.5, 0.6) is 0 Å². The Kier molecular flexibility index (Phi) is 4.89. The highest BCUT2D eigenvalue weighted by atomic mass is 16.2. The number of aryl methyl sites for hydroxylation is 2. The van der Waals surface area contributed by atoms with E-state index >= 15 is 0 Å². The monoisotopic (exact) mass is 423 g/mol. The number of hydrogen-bond acceptors (Lipinski definition) is 3. The third-order valence-corrected chi connectivity index (χ3v) is 6.28. The van der Waals surface area contributed by atoms with Crippen LogP contribution in [0.1, 0.15) is 23.6 Å². The standard InChI is InChI=1S/C27H25N3O2/c1-17-12-13-18(2)23(14-17)26-21-9-5-6-10-22(21)27(32)29(28-26)16-25(31)30-19(3)15-20-8-4-7-11-24(20)30/h4-14,19H,15-16H2,1-3H3/t19-/m0/s1. The van der Waals surface area contributed by atoms with Gasteiger partial charge in [-0.2, -0.15) is 5.10 Å². The summed E-state index contributed by atoms with van der Waals surface area (Å²) in [5, 5.41) is 6.09.